The Morgan fingerprint density at radius 1 is 1.33 bits per heavy atom. The fourth-order valence-corrected chi connectivity index (χ4v) is 3.06. The largest absolute Gasteiger partial charge is 0.493 e. The Hall–Kier alpha value is -2.52. The van der Waals surface area contributed by atoms with Crippen LogP contribution in [-0.2, 0) is 6.54 Å². The Bertz CT molecular complexity index is 816. The van der Waals surface area contributed by atoms with E-state index in [1.165, 1.54) is 9.13 Å². The number of aromatic nitrogens is 2. The molecular formula is C15H15N3O3. The smallest absolute Gasteiger partial charge is 0.336 e. The monoisotopic (exact) mass is 285 g/mol. The average molecular weight is 285 g/mol. The van der Waals surface area contributed by atoms with E-state index in [1.807, 2.05) is 0 Å². The van der Waals surface area contributed by atoms with Gasteiger partial charge in [0.1, 0.15) is 11.8 Å². The van der Waals surface area contributed by atoms with E-state index in [-0.39, 0.29) is 17.3 Å². The van der Waals surface area contributed by atoms with E-state index >= 15 is 0 Å². The molecule has 21 heavy (non-hydrogen) atoms. The quantitative estimate of drug-likeness (QED) is 0.825. The maximum Gasteiger partial charge on any atom is 0.336 e. The minimum Gasteiger partial charge on any atom is -0.493 e. The lowest BCUT2D eigenvalue weighted by molar-refractivity contribution is 0.175. The van der Waals surface area contributed by atoms with Gasteiger partial charge in [0.25, 0.3) is 0 Å². The molecule has 0 unspecified atom stereocenters. The number of fused-ring (bicyclic) bond motifs is 1. The zero-order valence-corrected chi connectivity index (χ0v) is 11.8. The molecule has 1 aliphatic heterocycles. The van der Waals surface area contributed by atoms with Crippen LogP contribution in [-0.4, -0.2) is 19.3 Å². The van der Waals surface area contributed by atoms with Gasteiger partial charge in [-0.1, -0.05) is 0 Å². The third-order valence-corrected chi connectivity index (χ3v) is 3.94. The van der Waals surface area contributed by atoms with Crippen LogP contribution >= 0.6 is 0 Å². The molecule has 0 spiro atoms. The number of hydrogen-bond donors (Lipinski definition) is 2. The average Bonchev–Trinajstić information content (AvgIpc) is 2.92. The van der Waals surface area contributed by atoms with Crippen molar-refractivity contribution in [2.24, 2.45) is 0 Å². The van der Waals surface area contributed by atoms with Crippen LogP contribution in [0.1, 0.15) is 34.9 Å². The number of nitrogens with zero attached hydrogens (tertiary/aromatic N) is 3. The van der Waals surface area contributed by atoms with Gasteiger partial charge in [0.15, 0.2) is 0 Å². The first-order valence-corrected chi connectivity index (χ1v) is 6.70. The number of imidazole rings is 1. The molecular weight excluding hydrogens is 270 g/mol. The second kappa shape index (κ2) is 4.50. The van der Waals surface area contributed by atoms with Crippen molar-refractivity contribution in [2.75, 3.05) is 0 Å². The van der Waals surface area contributed by atoms with Crippen molar-refractivity contribution in [3.63, 3.8) is 0 Å². The molecule has 6 nitrogen and oxygen atoms in total. The second-order valence-corrected chi connectivity index (χ2v) is 5.35. The van der Waals surface area contributed by atoms with Crippen LogP contribution < -0.4 is 5.69 Å². The lowest BCUT2D eigenvalue weighted by Gasteiger charge is -2.12. The van der Waals surface area contributed by atoms with Crippen LogP contribution in [0.5, 0.6) is 5.88 Å². The highest BCUT2D eigenvalue weighted by Gasteiger charge is 2.31. The molecule has 0 saturated heterocycles. The maximum absolute atomic E-state index is 12.5. The predicted octanol–water partition coefficient (Wildman–Crippen LogP) is 1.27. The highest BCUT2D eigenvalue weighted by atomic mass is 16.3. The summed E-state index contributed by atoms with van der Waals surface area (Å²) in [6.07, 6.45) is -0.387. The van der Waals surface area contributed by atoms with Crippen molar-refractivity contribution in [3.8, 4) is 17.6 Å². The molecule has 0 fully saturated rings. The summed E-state index contributed by atoms with van der Waals surface area (Å²) in [5.74, 6) is -0.221. The molecule has 1 aromatic heterocycles. The summed E-state index contributed by atoms with van der Waals surface area (Å²) in [5.41, 5.74) is 2.42. The molecule has 0 radical (unpaired) electrons. The molecule has 1 aliphatic rings. The summed E-state index contributed by atoms with van der Waals surface area (Å²) in [6, 6.07) is 5.42. The van der Waals surface area contributed by atoms with E-state index in [0.717, 1.165) is 11.1 Å². The van der Waals surface area contributed by atoms with Crippen LogP contribution in [0.3, 0.4) is 0 Å². The first-order chi connectivity index (χ1) is 9.95. The molecule has 6 heteroatoms. The van der Waals surface area contributed by atoms with E-state index < -0.39 is 6.10 Å². The predicted molar refractivity (Wildman–Crippen MR) is 75.5 cm³/mol. The number of nitriles is 1. The van der Waals surface area contributed by atoms with Gasteiger partial charge in [-0.15, -0.1) is 0 Å². The number of aromatic hydroxyl groups is 1. The van der Waals surface area contributed by atoms with Crippen molar-refractivity contribution < 1.29 is 10.2 Å². The van der Waals surface area contributed by atoms with Crippen molar-refractivity contribution in [3.05, 3.63) is 45.0 Å². The third kappa shape index (κ3) is 1.78. The van der Waals surface area contributed by atoms with Gasteiger partial charge in [-0.3, -0.25) is 4.57 Å². The van der Waals surface area contributed by atoms with Crippen LogP contribution in [0.2, 0.25) is 0 Å². The first kappa shape index (κ1) is 13.5. The molecule has 0 bridgehead atoms. The molecule has 2 heterocycles. The van der Waals surface area contributed by atoms with Gasteiger partial charge < -0.3 is 10.2 Å². The van der Waals surface area contributed by atoms with Gasteiger partial charge in [0, 0.05) is 6.54 Å². The van der Waals surface area contributed by atoms with Crippen molar-refractivity contribution >= 4 is 0 Å². The SMILES string of the molecule is Cc1cc(C#N)cc(C)c1-n1c(O)c2n(c1=O)CC[C@H]2O. The molecule has 0 amide bonds. The van der Waals surface area contributed by atoms with Gasteiger partial charge in [-0.25, -0.2) is 9.36 Å². The number of aliphatic hydroxyl groups is 1. The topological polar surface area (TPSA) is 91.2 Å². The zero-order valence-electron chi connectivity index (χ0n) is 11.8. The van der Waals surface area contributed by atoms with E-state index in [2.05, 4.69) is 6.07 Å². The van der Waals surface area contributed by atoms with Crippen molar-refractivity contribution in [2.45, 2.75) is 32.9 Å². The summed E-state index contributed by atoms with van der Waals surface area (Å²) in [4.78, 5) is 12.5. The standard InChI is InChI=1S/C15H15N3O3/c1-8-5-10(7-16)6-9(2)12(8)18-14(20)13-11(19)3-4-17(13)15(18)21/h5-6,11,19-20H,3-4H2,1-2H3/t11-/m1/s1. The van der Waals surface area contributed by atoms with Gasteiger partial charge in [-0.05, 0) is 43.5 Å². The lowest BCUT2D eigenvalue weighted by Crippen LogP contribution is -2.23. The number of rotatable bonds is 1. The summed E-state index contributed by atoms with van der Waals surface area (Å²) in [6.45, 7) is 3.97. The number of aryl methyl sites for hydroxylation is 2. The van der Waals surface area contributed by atoms with E-state index in [4.69, 9.17) is 5.26 Å². The fourth-order valence-electron chi connectivity index (χ4n) is 3.06. The molecule has 1 aromatic carbocycles. The minimum absolute atomic E-state index is 0.221. The summed E-state index contributed by atoms with van der Waals surface area (Å²) in [5, 5.41) is 29.2. The first-order valence-electron chi connectivity index (χ1n) is 6.70. The Balaban J connectivity index is 2.32. The highest BCUT2D eigenvalue weighted by Crippen LogP contribution is 2.34. The van der Waals surface area contributed by atoms with Crippen molar-refractivity contribution in [1.82, 2.24) is 9.13 Å². The van der Waals surface area contributed by atoms with Crippen LogP contribution in [0, 0.1) is 25.2 Å². The summed E-state index contributed by atoms with van der Waals surface area (Å²) >= 11 is 0. The van der Waals surface area contributed by atoms with E-state index in [0.29, 0.717) is 24.2 Å². The molecule has 0 saturated carbocycles. The molecule has 2 N–H and O–H groups in total. The van der Waals surface area contributed by atoms with E-state index in [9.17, 15) is 15.0 Å². The Labute approximate surface area is 121 Å². The normalized spacial score (nSPS) is 16.8. The molecule has 1 atom stereocenters. The minimum atomic E-state index is -0.821. The third-order valence-electron chi connectivity index (χ3n) is 3.94. The molecule has 0 aliphatic carbocycles. The van der Waals surface area contributed by atoms with E-state index in [1.54, 1.807) is 26.0 Å². The Morgan fingerprint density at radius 3 is 2.48 bits per heavy atom. The zero-order chi connectivity index (χ0) is 15.3. The molecule has 108 valence electrons. The summed E-state index contributed by atoms with van der Waals surface area (Å²) < 4.78 is 2.61. The van der Waals surface area contributed by atoms with Gasteiger partial charge in [-0.2, -0.15) is 5.26 Å². The Kier molecular flexibility index (Phi) is 2.88. The molecule has 3 rings (SSSR count). The second-order valence-electron chi connectivity index (χ2n) is 5.35. The van der Waals surface area contributed by atoms with Gasteiger partial charge in [0.05, 0.1) is 17.3 Å². The number of benzene rings is 1. The maximum atomic E-state index is 12.5. The highest BCUT2D eigenvalue weighted by molar-refractivity contribution is 5.54. The lowest BCUT2D eigenvalue weighted by atomic mass is 10.0. The van der Waals surface area contributed by atoms with Gasteiger partial charge >= 0.3 is 5.69 Å². The molecule has 2 aromatic rings. The number of aliphatic hydroxyl groups excluding tert-OH is 1. The van der Waals surface area contributed by atoms with Crippen LogP contribution in [0.4, 0.5) is 0 Å². The van der Waals surface area contributed by atoms with Gasteiger partial charge in [0.2, 0.25) is 5.88 Å². The fraction of sp³-hybridized carbons (Fsp3) is 0.333. The summed E-state index contributed by atoms with van der Waals surface area (Å²) in [7, 11) is 0. The van der Waals surface area contributed by atoms with Crippen LogP contribution in [0.15, 0.2) is 16.9 Å². The van der Waals surface area contributed by atoms with Crippen molar-refractivity contribution in [1.29, 1.82) is 5.26 Å². The van der Waals surface area contributed by atoms with Crippen LogP contribution in [0.25, 0.3) is 5.69 Å². The number of hydrogen-bond acceptors (Lipinski definition) is 4. The Morgan fingerprint density at radius 2 is 1.95 bits per heavy atom.